The van der Waals surface area contributed by atoms with Crippen LogP contribution in [-0.2, 0) is 0 Å². The van der Waals surface area contributed by atoms with Crippen LogP contribution in [0.4, 0.5) is 4.39 Å². The first kappa shape index (κ1) is 18.6. The van der Waals surface area contributed by atoms with Crippen molar-refractivity contribution in [3.05, 3.63) is 59.4 Å². The molecule has 28 heavy (non-hydrogen) atoms. The number of ether oxygens (including phenoxy) is 1. The van der Waals surface area contributed by atoms with Gasteiger partial charge in [-0.1, -0.05) is 30.3 Å². The molecule has 2 N–H and O–H groups in total. The summed E-state index contributed by atoms with van der Waals surface area (Å²) in [5, 5.41) is 17.8. The number of H-pyrrole nitrogens is 1. The third kappa shape index (κ3) is 3.89. The maximum Gasteiger partial charge on any atom is 0.204 e. The van der Waals surface area contributed by atoms with Crippen LogP contribution in [0, 0.1) is 5.82 Å². The van der Waals surface area contributed by atoms with Crippen LogP contribution in [0.25, 0.3) is 11.4 Å². The number of methoxy groups -OCH3 is 1. The van der Waals surface area contributed by atoms with Gasteiger partial charge in [-0.2, -0.15) is 5.21 Å². The molecule has 1 heterocycles. The van der Waals surface area contributed by atoms with Crippen molar-refractivity contribution in [3.63, 3.8) is 0 Å². The summed E-state index contributed by atoms with van der Waals surface area (Å²) in [6, 6.07) is 14.1. The Bertz CT molecular complexity index is 913. The van der Waals surface area contributed by atoms with E-state index in [1.807, 2.05) is 18.2 Å². The first-order valence-corrected chi connectivity index (χ1v) is 9.57. The molecule has 1 aliphatic rings. The van der Waals surface area contributed by atoms with Crippen molar-refractivity contribution < 1.29 is 9.13 Å². The van der Waals surface area contributed by atoms with E-state index in [0.717, 1.165) is 30.4 Å². The maximum absolute atomic E-state index is 13.6. The molecule has 0 bridgehead atoms. The number of benzene rings is 2. The highest BCUT2D eigenvalue weighted by Gasteiger charge is 2.27. The van der Waals surface area contributed by atoms with Gasteiger partial charge < -0.3 is 10.1 Å². The number of halogens is 1. The smallest absolute Gasteiger partial charge is 0.204 e. The third-order valence-corrected chi connectivity index (χ3v) is 5.58. The number of tetrazole rings is 1. The minimum absolute atomic E-state index is 0.138. The Balaban J connectivity index is 1.37. The highest BCUT2D eigenvalue weighted by Crippen LogP contribution is 2.36. The summed E-state index contributed by atoms with van der Waals surface area (Å²) in [5.74, 6) is 1.11. The summed E-state index contributed by atoms with van der Waals surface area (Å²) < 4.78 is 18.7. The largest absolute Gasteiger partial charge is 0.494 e. The van der Waals surface area contributed by atoms with Crippen molar-refractivity contribution in [2.75, 3.05) is 7.11 Å². The number of nitrogens with one attached hydrogen (secondary N) is 2. The average Bonchev–Trinajstić information content (AvgIpc) is 3.41. The number of nitrogens with zero attached hydrogens (tertiary/aromatic N) is 3. The molecule has 3 atom stereocenters. The van der Waals surface area contributed by atoms with Crippen molar-refractivity contribution in [2.45, 2.75) is 44.2 Å². The maximum atomic E-state index is 13.6. The van der Waals surface area contributed by atoms with E-state index < -0.39 is 0 Å². The number of aromatic nitrogens is 4. The molecule has 0 saturated heterocycles. The molecule has 0 amide bonds. The molecule has 1 aliphatic carbocycles. The minimum Gasteiger partial charge on any atom is -0.494 e. The van der Waals surface area contributed by atoms with Crippen LogP contribution in [0.15, 0.2) is 42.5 Å². The predicted octanol–water partition coefficient (Wildman–Crippen LogP) is 4.00. The molecule has 1 saturated carbocycles. The Labute approximate surface area is 163 Å². The summed E-state index contributed by atoms with van der Waals surface area (Å²) in [6.07, 6.45) is 3.36. The fraction of sp³-hybridized carbons (Fsp3) is 0.381. The highest BCUT2D eigenvalue weighted by atomic mass is 19.1. The third-order valence-electron chi connectivity index (χ3n) is 5.58. The Morgan fingerprint density at radius 3 is 2.71 bits per heavy atom. The minimum atomic E-state index is -0.330. The molecule has 146 valence electrons. The van der Waals surface area contributed by atoms with E-state index in [0.29, 0.717) is 17.8 Å². The molecule has 2 unspecified atom stereocenters. The van der Waals surface area contributed by atoms with Crippen LogP contribution < -0.4 is 10.1 Å². The summed E-state index contributed by atoms with van der Waals surface area (Å²) in [5.41, 5.74) is 3.34. The Morgan fingerprint density at radius 1 is 1.18 bits per heavy atom. The second-order valence-corrected chi connectivity index (χ2v) is 7.35. The van der Waals surface area contributed by atoms with E-state index in [1.165, 1.54) is 18.7 Å². The zero-order valence-corrected chi connectivity index (χ0v) is 16.0. The number of hydrogen-bond acceptors (Lipinski definition) is 5. The summed E-state index contributed by atoms with van der Waals surface area (Å²) in [6.45, 7) is 2.11. The van der Waals surface area contributed by atoms with Crippen molar-refractivity contribution in [1.82, 2.24) is 25.9 Å². The van der Waals surface area contributed by atoms with Gasteiger partial charge in [0.1, 0.15) is 0 Å². The van der Waals surface area contributed by atoms with Gasteiger partial charge in [0.05, 0.1) is 7.11 Å². The predicted molar refractivity (Wildman–Crippen MR) is 104 cm³/mol. The van der Waals surface area contributed by atoms with Crippen molar-refractivity contribution in [3.8, 4) is 17.1 Å². The molecule has 7 heteroatoms. The van der Waals surface area contributed by atoms with Gasteiger partial charge in [-0.05, 0) is 60.6 Å². The van der Waals surface area contributed by atoms with Gasteiger partial charge in [0.2, 0.25) is 5.82 Å². The molecule has 6 nitrogen and oxygen atoms in total. The first-order valence-electron chi connectivity index (χ1n) is 9.57. The molecular formula is C21H24FN5O. The van der Waals surface area contributed by atoms with Crippen LogP contribution in [0.3, 0.4) is 0 Å². The zero-order valence-electron chi connectivity index (χ0n) is 16.0. The van der Waals surface area contributed by atoms with Crippen LogP contribution in [0.2, 0.25) is 0 Å². The van der Waals surface area contributed by atoms with Gasteiger partial charge in [0.25, 0.3) is 0 Å². The summed E-state index contributed by atoms with van der Waals surface area (Å²) in [7, 11) is 1.49. The second kappa shape index (κ2) is 8.06. The van der Waals surface area contributed by atoms with Crippen molar-refractivity contribution >= 4 is 0 Å². The SMILES string of the molecule is COc1cc([C@@H](C)NC2CCC(c3ccc(-c4nn[nH]n4)cc3)C2)ccc1F. The van der Waals surface area contributed by atoms with Gasteiger partial charge in [0.15, 0.2) is 11.6 Å². The Kier molecular flexibility index (Phi) is 5.34. The molecule has 4 rings (SSSR count). The van der Waals surface area contributed by atoms with Crippen LogP contribution in [0.5, 0.6) is 5.75 Å². The van der Waals surface area contributed by atoms with E-state index in [4.69, 9.17) is 4.74 Å². The van der Waals surface area contributed by atoms with E-state index >= 15 is 0 Å². The molecule has 1 aromatic heterocycles. The lowest BCUT2D eigenvalue weighted by Crippen LogP contribution is -2.29. The molecule has 0 spiro atoms. The lowest BCUT2D eigenvalue weighted by Gasteiger charge is -2.21. The monoisotopic (exact) mass is 381 g/mol. The molecular weight excluding hydrogens is 357 g/mol. The lowest BCUT2D eigenvalue weighted by atomic mass is 9.96. The second-order valence-electron chi connectivity index (χ2n) is 7.35. The molecule has 1 fully saturated rings. The molecule has 0 aliphatic heterocycles. The normalized spacial score (nSPS) is 20.2. The molecule has 3 aromatic rings. The molecule has 2 aromatic carbocycles. The molecule has 0 radical (unpaired) electrons. The average molecular weight is 381 g/mol. The van der Waals surface area contributed by atoms with Gasteiger partial charge in [-0.15, -0.1) is 10.2 Å². The highest BCUT2D eigenvalue weighted by molar-refractivity contribution is 5.54. The van der Waals surface area contributed by atoms with Gasteiger partial charge in [0, 0.05) is 17.6 Å². The van der Waals surface area contributed by atoms with Gasteiger partial charge in [-0.3, -0.25) is 0 Å². The summed E-state index contributed by atoms with van der Waals surface area (Å²) >= 11 is 0. The van der Waals surface area contributed by atoms with E-state index in [1.54, 1.807) is 6.07 Å². The fourth-order valence-corrected chi connectivity index (χ4v) is 4.02. The first-order chi connectivity index (χ1) is 13.6. The van der Waals surface area contributed by atoms with Crippen LogP contribution in [0.1, 0.15) is 49.3 Å². The quantitative estimate of drug-likeness (QED) is 0.675. The Hall–Kier alpha value is -2.80. The van der Waals surface area contributed by atoms with E-state index in [2.05, 4.69) is 45.0 Å². The lowest BCUT2D eigenvalue weighted by molar-refractivity contribution is 0.384. The number of hydrogen-bond donors (Lipinski definition) is 2. The van der Waals surface area contributed by atoms with Crippen LogP contribution >= 0.6 is 0 Å². The van der Waals surface area contributed by atoms with Gasteiger partial charge >= 0.3 is 0 Å². The zero-order chi connectivity index (χ0) is 19.5. The van der Waals surface area contributed by atoms with Crippen molar-refractivity contribution in [2.24, 2.45) is 0 Å². The Morgan fingerprint density at radius 2 is 2.00 bits per heavy atom. The number of rotatable bonds is 6. The van der Waals surface area contributed by atoms with Crippen molar-refractivity contribution in [1.29, 1.82) is 0 Å². The van der Waals surface area contributed by atoms with Gasteiger partial charge in [-0.25, -0.2) is 4.39 Å². The van der Waals surface area contributed by atoms with Crippen LogP contribution in [-0.4, -0.2) is 33.8 Å². The summed E-state index contributed by atoms with van der Waals surface area (Å²) in [4.78, 5) is 0. The topological polar surface area (TPSA) is 75.7 Å². The van der Waals surface area contributed by atoms with E-state index in [-0.39, 0.29) is 17.6 Å². The fourth-order valence-electron chi connectivity index (χ4n) is 4.02. The standard InChI is InChI=1S/C21H24FN5O/c1-13(16-8-10-19(22)20(12-16)28-2)23-18-9-7-17(11-18)14-3-5-15(6-4-14)21-24-26-27-25-21/h3-6,8,10,12-13,17-18,23H,7,9,11H2,1-2H3,(H,24,25,26,27)/t13-,17?,18?/m1/s1. The number of aromatic amines is 1. The van der Waals surface area contributed by atoms with E-state index in [9.17, 15) is 4.39 Å².